The minimum absolute atomic E-state index is 0.121. The van der Waals surface area contributed by atoms with E-state index in [0.29, 0.717) is 48.5 Å². The Morgan fingerprint density at radius 2 is 1.95 bits per heavy atom. The van der Waals surface area contributed by atoms with Gasteiger partial charge >= 0.3 is 5.97 Å². The number of benzene rings is 1. The van der Waals surface area contributed by atoms with Crippen LogP contribution in [-0.4, -0.2) is 66.3 Å². The molecule has 0 radical (unpaired) electrons. The Morgan fingerprint density at radius 3 is 2.62 bits per heavy atom. The van der Waals surface area contributed by atoms with Gasteiger partial charge in [0.15, 0.2) is 18.2 Å². The highest BCUT2D eigenvalue weighted by Crippen LogP contribution is 2.30. The van der Waals surface area contributed by atoms with Gasteiger partial charge in [0.1, 0.15) is 11.8 Å². The maximum absolute atomic E-state index is 13.7. The van der Waals surface area contributed by atoms with Gasteiger partial charge in [-0.25, -0.2) is 4.39 Å². The molecule has 1 atom stereocenters. The van der Waals surface area contributed by atoms with Crippen LogP contribution in [0.2, 0.25) is 0 Å². The summed E-state index contributed by atoms with van der Waals surface area (Å²) in [7, 11) is 1.40. The summed E-state index contributed by atoms with van der Waals surface area (Å²) in [5.41, 5.74) is 4.11. The van der Waals surface area contributed by atoms with Gasteiger partial charge in [-0.05, 0) is 55.5 Å². The van der Waals surface area contributed by atoms with E-state index < -0.39 is 11.8 Å². The first-order valence-electron chi connectivity index (χ1n) is 13.5. The number of nitrogens with zero attached hydrogens (tertiary/aromatic N) is 3. The van der Waals surface area contributed by atoms with Crippen LogP contribution >= 0.6 is 0 Å². The Labute approximate surface area is 232 Å². The number of aromatic nitrogens is 1. The molecule has 10 nitrogen and oxygen atoms in total. The third-order valence-electron chi connectivity index (χ3n) is 7.40. The number of likely N-dealkylation sites (tertiary alicyclic amines) is 1. The van der Waals surface area contributed by atoms with Gasteiger partial charge in [0.05, 0.1) is 12.8 Å². The van der Waals surface area contributed by atoms with E-state index in [-0.39, 0.29) is 42.7 Å². The molecule has 214 valence electrons. The number of hydrogen-bond donors (Lipinski definition) is 1. The maximum atomic E-state index is 13.7. The summed E-state index contributed by atoms with van der Waals surface area (Å²) in [6, 6.07) is 6.23. The number of aryl methyl sites for hydroxylation is 1. The van der Waals surface area contributed by atoms with Gasteiger partial charge in [0, 0.05) is 50.2 Å². The molecule has 1 aromatic carbocycles. The van der Waals surface area contributed by atoms with E-state index in [4.69, 9.17) is 19.3 Å². The molecule has 0 aliphatic carbocycles. The number of pyridine rings is 1. The number of rotatable bonds is 9. The number of oxime groups is 1. The van der Waals surface area contributed by atoms with E-state index in [1.54, 1.807) is 23.1 Å². The topological polar surface area (TPSA) is 119 Å². The molecular weight excluding hydrogens is 519 g/mol. The van der Waals surface area contributed by atoms with Crippen molar-refractivity contribution in [2.75, 3.05) is 26.8 Å². The molecule has 2 aliphatic heterocycles. The van der Waals surface area contributed by atoms with E-state index in [1.807, 2.05) is 13.8 Å². The first kappa shape index (κ1) is 29.0. The highest BCUT2D eigenvalue weighted by atomic mass is 19.1. The van der Waals surface area contributed by atoms with Gasteiger partial charge in [-0.1, -0.05) is 18.1 Å². The average molecular weight is 555 g/mol. The Balaban J connectivity index is 1.39. The summed E-state index contributed by atoms with van der Waals surface area (Å²) in [5.74, 6) is -1.05. The van der Waals surface area contributed by atoms with Gasteiger partial charge in [0.2, 0.25) is 0 Å². The Kier molecular flexibility index (Phi) is 9.34. The molecule has 1 N–H and O–H groups in total. The normalized spacial score (nSPS) is 17.2. The molecule has 2 amide bonds. The van der Waals surface area contributed by atoms with Crippen molar-refractivity contribution in [1.82, 2.24) is 15.2 Å². The van der Waals surface area contributed by atoms with Gasteiger partial charge < -0.3 is 24.5 Å². The van der Waals surface area contributed by atoms with Crippen LogP contribution in [-0.2, 0) is 32.1 Å². The SMILES string of the molecule is CCc1c(C(=O)NCc2ccc(F)c(OC)c2)cc(C2=NOC(C3CCN(C(=O)COC(C)=O)CC3)C2)nc1C. The third kappa shape index (κ3) is 6.75. The molecule has 1 saturated heterocycles. The lowest BCUT2D eigenvalue weighted by Crippen LogP contribution is -2.43. The summed E-state index contributed by atoms with van der Waals surface area (Å²) in [6.45, 7) is 6.23. The molecule has 4 rings (SSSR count). The number of halogens is 1. The van der Waals surface area contributed by atoms with Crippen LogP contribution in [0, 0.1) is 18.7 Å². The van der Waals surface area contributed by atoms with Crippen LogP contribution in [0.1, 0.15) is 66.0 Å². The zero-order valence-corrected chi connectivity index (χ0v) is 23.3. The first-order valence-corrected chi connectivity index (χ1v) is 13.5. The lowest BCUT2D eigenvalue weighted by molar-refractivity contribution is -0.151. The number of nitrogens with one attached hydrogen (secondary N) is 1. The van der Waals surface area contributed by atoms with E-state index in [9.17, 15) is 18.8 Å². The minimum atomic E-state index is -0.475. The second-order valence-electron chi connectivity index (χ2n) is 10.0. The van der Waals surface area contributed by atoms with E-state index >= 15 is 0 Å². The molecule has 1 aromatic heterocycles. The van der Waals surface area contributed by atoms with Crippen molar-refractivity contribution in [3.63, 3.8) is 0 Å². The average Bonchev–Trinajstić information content (AvgIpc) is 3.45. The standard InChI is InChI=1S/C29H35FN4O6/c1-5-21-17(2)32-24(13-22(21)29(37)31-15-19-6-7-23(30)27(12-19)38-4)25-14-26(40-33-25)20-8-10-34(11-9-20)28(36)16-39-18(3)35/h6-7,12-13,20,26H,5,8-11,14-16H2,1-4H3,(H,31,37). The van der Waals surface area contributed by atoms with E-state index in [0.717, 1.165) is 24.1 Å². The molecule has 11 heteroatoms. The fraction of sp³-hybridized carbons (Fsp3) is 0.483. The van der Waals surface area contributed by atoms with Crippen LogP contribution in [0.4, 0.5) is 4.39 Å². The Hall–Kier alpha value is -4.02. The first-order chi connectivity index (χ1) is 19.2. The van der Waals surface area contributed by atoms with Crippen LogP contribution in [0.25, 0.3) is 0 Å². The zero-order chi connectivity index (χ0) is 28.8. The number of ether oxygens (including phenoxy) is 2. The number of methoxy groups -OCH3 is 1. The molecule has 2 aromatic rings. The summed E-state index contributed by atoms with van der Waals surface area (Å²) < 4.78 is 23.6. The van der Waals surface area contributed by atoms with E-state index in [1.165, 1.54) is 20.1 Å². The maximum Gasteiger partial charge on any atom is 0.303 e. The quantitative estimate of drug-likeness (QED) is 0.472. The highest BCUT2D eigenvalue weighted by Gasteiger charge is 2.34. The van der Waals surface area contributed by atoms with Crippen molar-refractivity contribution in [1.29, 1.82) is 0 Å². The Morgan fingerprint density at radius 1 is 1.20 bits per heavy atom. The predicted octanol–water partition coefficient (Wildman–Crippen LogP) is 3.32. The zero-order valence-electron chi connectivity index (χ0n) is 23.3. The van der Waals surface area contributed by atoms with Gasteiger partial charge in [-0.15, -0.1) is 0 Å². The summed E-state index contributed by atoms with van der Waals surface area (Å²) >= 11 is 0. The number of piperidine rings is 1. The predicted molar refractivity (Wildman–Crippen MR) is 144 cm³/mol. The molecule has 0 saturated carbocycles. The van der Waals surface area contributed by atoms with Gasteiger partial charge in [-0.3, -0.25) is 19.4 Å². The van der Waals surface area contributed by atoms with Crippen LogP contribution in [0.5, 0.6) is 5.75 Å². The highest BCUT2D eigenvalue weighted by molar-refractivity contribution is 6.03. The second kappa shape index (κ2) is 12.9. The molecule has 2 aliphatic rings. The second-order valence-corrected chi connectivity index (χ2v) is 10.0. The minimum Gasteiger partial charge on any atom is -0.494 e. The van der Waals surface area contributed by atoms with Crippen molar-refractivity contribution < 1.29 is 33.1 Å². The van der Waals surface area contributed by atoms with Crippen LogP contribution in [0.15, 0.2) is 29.4 Å². The molecule has 1 fully saturated rings. The van der Waals surface area contributed by atoms with Gasteiger partial charge in [-0.2, -0.15) is 0 Å². The lowest BCUT2D eigenvalue weighted by Gasteiger charge is -2.33. The summed E-state index contributed by atoms with van der Waals surface area (Å²) in [6.07, 6.45) is 2.55. The fourth-order valence-corrected chi connectivity index (χ4v) is 5.16. The Bertz CT molecular complexity index is 1310. The lowest BCUT2D eigenvalue weighted by atomic mass is 9.88. The fourth-order valence-electron chi connectivity index (χ4n) is 5.16. The molecular formula is C29H35FN4O6. The monoisotopic (exact) mass is 554 g/mol. The van der Waals surface area contributed by atoms with Crippen LogP contribution < -0.4 is 10.1 Å². The van der Waals surface area contributed by atoms with E-state index in [2.05, 4.69) is 10.5 Å². The molecule has 0 bridgehead atoms. The van der Waals surface area contributed by atoms with Crippen molar-refractivity contribution in [2.45, 2.75) is 59.1 Å². The van der Waals surface area contributed by atoms with Crippen LogP contribution in [0.3, 0.4) is 0 Å². The van der Waals surface area contributed by atoms with Crippen molar-refractivity contribution in [3.05, 3.63) is 58.2 Å². The number of esters is 1. The number of hydrogen-bond acceptors (Lipinski definition) is 8. The number of amides is 2. The third-order valence-corrected chi connectivity index (χ3v) is 7.40. The largest absolute Gasteiger partial charge is 0.494 e. The van der Waals surface area contributed by atoms with Crippen molar-refractivity contribution >= 4 is 23.5 Å². The van der Waals surface area contributed by atoms with Crippen molar-refractivity contribution in [2.24, 2.45) is 11.1 Å². The summed E-state index contributed by atoms with van der Waals surface area (Å²) in [4.78, 5) is 48.7. The van der Waals surface area contributed by atoms with Gasteiger partial charge in [0.25, 0.3) is 11.8 Å². The molecule has 40 heavy (non-hydrogen) atoms. The summed E-state index contributed by atoms with van der Waals surface area (Å²) in [5, 5.41) is 7.24. The molecule has 0 spiro atoms. The number of carbonyl (C=O) groups excluding carboxylic acids is 3. The molecule has 3 heterocycles. The molecule has 1 unspecified atom stereocenters. The van der Waals surface area contributed by atoms with Crippen molar-refractivity contribution in [3.8, 4) is 5.75 Å². The smallest absolute Gasteiger partial charge is 0.303 e. The number of carbonyl (C=O) groups is 3.